The molecule has 7 nitrogen and oxygen atoms in total. The number of urea groups is 1. The zero-order chi connectivity index (χ0) is 19.8. The maximum absolute atomic E-state index is 11.6. The molecule has 3 aliphatic rings. The zero-order valence-corrected chi connectivity index (χ0v) is 16.2. The first-order valence-electron chi connectivity index (χ1n) is 9.96. The van der Waals surface area contributed by atoms with Crippen LogP contribution in [0.15, 0.2) is 54.9 Å². The van der Waals surface area contributed by atoms with Gasteiger partial charge >= 0.3 is 6.03 Å². The van der Waals surface area contributed by atoms with Gasteiger partial charge in [-0.15, -0.1) is 0 Å². The molecule has 2 fully saturated rings. The van der Waals surface area contributed by atoms with Crippen molar-refractivity contribution in [1.29, 1.82) is 0 Å². The van der Waals surface area contributed by atoms with Crippen molar-refractivity contribution in [2.45, 2.75) is 31.0 Å². The SMILES string of the molecule is C=C1NC(=O)NC12CCN(Cc1ccc([C@H]3COc4cccnc4O3)cc1)CC2. The Labute approximate surface area is 169 Å². The third kappa shape index (κ3) is 3.42. The van der Waals surface area contributed by atoms with Gasteiger partial charge in [-0.1, -0.05) is 30.8 Å². The van der Waals surface area contributed by atoms with Crippen molar-refractivity contribution in [3.63, 3.8) is 0 Å². The number of benzene rings is 1. The number of amides is 2. The van der Waals surface area contributed by atoms with Crippen LogP contribution in [0.5, 0.6) is 11.6 Å². The molecule has 2 N–H and O–H groups in total. The van der Waals surface area contributed by atoms with Crippen molar-refractivity contribution < 1.29 is 14.3 Å². The van der Waals surface area contributed by atoms with Gasteiger partial charge in [0.2, 0.25) is 0 Å². The van der Waals surface area contributed by atoms with Gasteiger partial charge in [0, 0.05) is 31.5 Å². The monoisotopic (exact) mass is 392 g/mol. The lowest BCUT2D eigenvalue weighted by molar-refractivity contribution is 0.0850. The molecular formula is C22H24N4O3. The fourth-order valence-electron chi connectivity index (χ4n) is 4.27. The topological polar surface area (TPSA) is 75.7 Å². The van der Waals surface area contributed by atoms with Crippen LogP contribution in [0.1, 0.15) is 30.1 Å². The number of carbonyl (C=O) groups is 1. The molecule has 1 aromatic heterocycles. The fourth-order valence-corrected chi connectivity index (χ4v) is 4.27. The van der Waals surface area contributed by atoms with E-state index in [2.05, 4.69) is 51.4 Å². The van der Waals surface area contributed by atoms with Crippen LogP contribution in [-0.2, 0) is 6.54 Å². The van der Waals surface area contributed by atoms with E-state index in [4.69, 9.17) is 9.47 Å². The minimum Gasteiger partial charge on any atom is -0.484 e. The Bertz CT molecular complexity index is 935. The standard InChI is InChI=1S/C22H24N4O3/c1-15-22(25-21(27)24-15)8-11-26(12-9-22)13-16-4-6-17(7-5-16)19-14-28-18-3-2-10-23-20(18)29-19/h2-7,10,19H,1,8-9,11-14H2,(H2,24,25,27)/t19-/m1/s1. The molecule has 1 spiro atoms. The molecule has 0 radical (unpaired) electrons. The second kappa shape index (κ2) is 7.08. The number of hydrogen-bond acceptors (Lipinski definition) is 5. The number of nitrogens with zero attached hydrogens (tertiary/aromatic N) is 2. The lowest BCUT2D eigenvalue weighted by Crippen LogP contribution is -2.51. The molecule has 1 atom stereocenters. The first-order valence-corrected chi connectivity index (χ1v) is 9.96. The van der Waals surface area contributed by atoms with E-state index in [9.17, 15) is 4.79 Å². The first-order chi connectivity index (χ1) is 14.1. The molecule has 2 saturated heterocycles. The summed E-state index contributed by atoms with van der Waals surface area (Å²) in [4.78, 5) is 18.3. The Hall–Kier alpha value is -3.06. The van der Waals surface area contributed by atoms with Gasteiger partial charge < -0.3 is 20.1 Å². The zero-order valence-electron chi connectivity index (χ0n) is 16.2. The van der Waals surface area contributed by atoms with E-state index in [0.29, 0.717) is 18.2 Å². The highest BCUT2D eigenvalue weighted by Crippen LogP contribution is 2.34. The smallest absolute Gasteiger partial charge is 0.319 e. The minimum absolute atomic E-state index is 0.134. The van der Waals surface area contributed by atoms with Crippen molar-refractivity contribution in [3.05, 3.63) is 66.0 Å². The van der Waals surface area contributed by atoms with Crippen LogP contribution in [0, 0.1) is 0 Å². The number of pyridine rings is 1. The molecule has 29 heavy (non-hydrogen) atoms. The number of likely N-dealkylation sites (tertiary alicyclic amines) is 1. The second-order valence-electron chi connectivity index (χ2n) is 7.88. The quantitative estimate of drug-likeness (QED) is 0.840. The maximum Gasteiger partial charge on any atom is 0.319 e. The third-order valence-electron chi connectivity index (χ3n) is 6.04. The van der Waals surface area contributed by atoms with Crippen molar-refractivity contribution >= 4 is 6.03 Å². The molecule has 5 rings (SSSR count). The highest BCUT2D eigenvalue weighted by molar-refractivity contribution is 5.81. The highest BCUT2D eigenvalue weighted by atomic mass is 16.6. The van der Waals surface area contributed by atoms with Gasteiger partial charge in [-0.2, -0.15) is 0 Å². The van der Waals surface area contributed by atoms with Crippen LogP contribution in [0.2, 0.25) is 0 Å². The summed E-state index contributed by atoms with van der Waals surface area (Å²) < 4.78 is 11.8. The first kappa shape index (κ1) is 18.0. The van der Waals surface area contributed by atoms with E-state index in [-0.39, 0.29) is 17.7 Å². The van der Waals surface area contributed by atoms with Crippen LogP contribution in [0.4, 0.5) is 4.79 Å². The molecule has 150 valence electrons. The lowest BCUT2D eigenvalue weighted by Gasteiger charge is -2.39. The van der Waals surface area contributed by atoms with Crippen LogP contribution in [0.3, 0.4) is 0 Å². The van der Waals surface area contributed by atoms with Gasteiger partial charge in [-0.3, -0.25) is 4.90 Å². The van der Waals surface area contributed by atoms with Crippen LogP contribution in [0.25, 0.3) is 0 Å². The molecule has 0 aliphatic carbocycles. The van der Waals surface area contributed by atoms with E-state index in [1.54, 1.807) is 6.20 Å². The summed E-state index contributed by atoms with van der Waals surface area (Å²) in [7, 11) is 0. The van der Waals surface area contributed by atoms with Crippen LogP contribution >= 0.6 is 0 Å². The summed E-state index contributed by atoms with van der Waals surface area (Å²) in [5.41, 5.74) is 2.86. The summed E-state index contributed by atoms with van der Waals surface area (Å²) in [6.07, 6.45) is 3.31. The van der Waals surface area contributed by atoms with Crippen LogP contribution in [-0.4, -0.2) is 41.2 Å². The number of rotatable bonds is 3. The van der Waals surface area contributed by atoms with Crippen molar-refractivity contribution in [2.75, 3.05) is 19.7 Å². The molecule has 3 aliphatic heterocycles. The maximum atomic E-state index is 11.6. The molecule has 0 saturated carbocycles. The molecule has 2 aromatic rings. The van der Waals surface area contributed by atoms with Gasteiger partial charge in [-0.25, -0.2) is 9.78 Å². The Morgan fingerprint density at radius 1 is 1.21 bits per heavy atom. The molecule has 4 heterocycles. The summed E-state index contributed by atoms with van der Waals surface area (Å²) >= 11 is 0. The largest absolute Gasteiger partial charge is 0.484 e. The van der Waals surface area contributed by atoms with E-state index < -0.39 is 0 Å². The number of hydrogen-bond donors (Lipinski definition) is 2. The molecule has 0 unspecified atom stereocenters. The number of ether oxygens (including phenoxy) is 2. The predicted octanol–water partition coefficient (Wildman–Crippen LogP) is 2.76. The Balaban J connectivity index is 1.19. The number of aromatic nitrogens is 1. The molecule has 0 bridgehead atoms. The Kier molecular flexibility index (Phi) is 4.39. The number of piperidine rings is 1. The van der Waals surface area contributed by atoms with Crippen molar-refractivity contribution in [2.24, 2.45) is 0 Å². The average Bonchev–Trinajstić information content (AvgIpc) is 3.02. The Morgan fingerprint density at radius 3 is 2.72 bits per heavy atom. The molecule has 7 heteroatoms. The summed E-state index contributed by atoms with van der Waals surface area (Å²) in [5, 5.41) is 5.84. The third-order valence-corrected chi connectivity index (χ3v) is 6.04. The number of nitrogens with one attached hydrogen (secondary N) is 2. The average molecular weight is 392 g/mol. The van der Waals surface area contributed by atoms with Crippen molar-refractivity contribution in [3.8, 4) is 11.6 Å². The van der Waals surface area contributed by atoms with E-state index in [1.165, 1.54) is 5.56 Å². The van der Waals surface area contributed by atoms with Gasteiger partial charge in [0.15, 0.2) is 11.9 Å². The Morgan fingerprint density at radius 2 is 2.00 bits per heavy atom. The lowest BCUT2D eigenvalue weighted by atomic mass is 9.86. The normalized spacial score (nSPS) is 23.0. The second-order valence-corrected chi connectivity index (χ2v) is 7.88. The highest BCUT2D eigenvalue weighted by Gasteiger charge is 2.43. The van der Waals surface area contributed by atoms with Crippen LogP contribution < -0.4 is 20.1 Å². The predicted molar refractivity (Wildman–Crippen MR) is 108 cm³/mol. The summed E-state index contributed by atoms with van der Waals surface area (Å²) in [6.45, 7) is 7.23. The van der Waals surface area contributed by atoms with Gasteiger partial charge in [-0.05, 0) is 36.1 Å². The number of fused-ring (bicyclic) bond motifs is 1. The van der Waals surface area contributed by atoms with Gasteiger partial charge in [0.1, 0.15) is 6.61 Å². The van der Waals surface area contributed by atoms with Gasteiger partial charge in [0.05, 0.1) is 5.54 Å². The minimum atomic E-state index is -0.278. The van der Waals surface area contributed by atoms with E-state index in [1.807, 2.05) is 12.1 Å². The van der Waals surface area contributed by atoms with Gasteiger partial charge in [0.25, 0.3) is 5.88 Å². The van der Waals surface area contributed by atoms with Crippen molar-refractivity contribution in [1.82, 2.24) is 20.5 Å². The summed E-state index contributed by atoms with van der Waals surface area (Å²) in [5.74, 6) is 1.24. The molecule has 1 aromatic carbocycles. The number of carbonyl (C=O) groups excluding carboxylic acids is 1. The fraction of sp³-hybridized carbons (Fsp3) is 0.364. The molecule has 2 amide bonds. The molecular weight excluding hydrogens is 368 g/mol. The van der Waals surface area contributed by atoms with E-state index >= 15 is 0 Å². The van der Waals surface area contributed by atoms with E-state index in [0.717, 1.165) is 43.7 Å². The summed E-state index contributed by atoms with van der Waals surface area (Å²) in [6, 6.07) is 12.1.